The first-order valence-corrected chi connectivity index (χ1v) is 19.3. The Hall–Kier alpha value is -4.38. The van der Waals surface area contributed by atoms with Crippen LogP contribution in [0, 0.1) is 17.8 Å². The molecule has 1 aliphatic rings. The number of nitrogens with one attached hydrogen (secondary N) is 4. The molecule has 2 aromatic carbocycles. The van der Waals surface area contributed by atoms with Gasteiger partial charge in [0, 0.05) is 24.7 Å². The number of aliphatic hydroxyl groups is 1. The maximum atomic E-state index is 14.3. The van der Waals surface area contributed by atoms with Crippen LogP contribution >= 0.6 is 0 Å². The maximum Gasteiger partial charge on any atom is 0.408 e. The van der Waals surface area contributed by atoms with E-state index < -0.39 is 47.7 Å². The average Bonchev–Trinajstić information content (AvgIpc) is 3.64. The van der Waals surface area contributed by atoms with Crippen LogP contribution in [-0.4, -0.2) is 69.4 Å². The summed E-state index contributed by atoms with van der Waals surface area (Å²) in [7, 11) is 0. The Morgan fingerprint density at radius 3 is 2.15 bits per heavy atom. The van der Waals surface area contributed by atoms with Gasteiger partial charge in [0.25, 0.3) is 0 Å². The first kappa shape index (κ1) is 41.4. The number of rotatable bonds is 19. The highest BCUT2D eigenvalue weighted by Crippen LogP contribution is 2.30. The van der Waals surface area contributed by atoms with Crippen molar-refractivity contribution in [2.45, 2.75) is 129 Å². The number of benzene rings is 2. The van der Waals surface area contributed by atoms with Crippen molar-refractivity contribution in [1.82, 2.24) is 25.9 Å². The highest BCUT2D eigenvalue weighted by atomic mass is 16.6. The van der Waals surface area contributed by atoms with Gasteiger partial charge in [-0.3, -0.25) is 9.59 Å². The van der Waals surface area contributed by atoms with Gasteiger partial charge in [-0.05, 0) is 75.5 Å². The van der Waals surface area contributed by atoms with E-state index in [2.05, 4.69) is 39.8 Å². The van der Waals surface area contributed by atoms with Crippen LogP contribution in [0.5, 0.6) is 5.75 Å². The number of aliphatic hydroxyl groups excluding tert-OH is 1. The molecule has 11 nitrogen and oxygen atoms in total. The van der Waals surface area contributed by atoms with Crippen molar-refractivity contribution < 1.29 is 29.0 Å². The summed E-state index contributed by atoms with van der Waals surface area (Å²) in [6.07, 6.45) is 9.46. The van der Waals surface area contributed by atoms with Crippen LogP contribution in [0.1, 0.15) is 97.2 Å². The number of H-pyrrole nitrogens is 1. The van der Waals surface area contributed by atoms with Crippen LogP contribution in [-0.2, 0) is 27.2 Å². The normalized spacial score (nSPS) is 16.5. The Bertz CT molecular complexity index is 1510. The zero-order chi connectivity index (χ0) is 38.2. The summed E-state index contributed by atoms with van der Waals surface area (Å²) in [5.74, 6) is 0.727. The lowest BCUT2D eigenvalue weighted by Gasteiger charge is -2.34. The van der Waals surface area contributed by atoms with Gasteiger partial charge in [-0.25, -0.2) is 9.78 Å². The number of amides is 3. The Kier molecular flexibility index (Phi) is 16.2. The van der Waals surface area contributed by atoms with E-state index in [4.69, 9.17) is 9.47 Å². The molecule has 290 valence electrons. The fourth-order valence-corrected chi connectivity index (χ4v) is 7.03. The van der Waals surface area contributed by atoms with Crippen LogP contribution in [0.15, 0.2) is 73.2 Å². The number of imidazole rings is 1. The molecular weight excluding hydrogens is 670 g/mol. The van der Waals surface area contributed by atoms with Gasteiger partial charge < -0.3 is 35.5 Å². The molecular formula is C42H61N5O6. The van der Waals surface area contributed by atoms with Crippen LogP contribution in [0.25, 0.3) is 0 Å². The molecule has 1 aromatic heterocycles. The molecule has 1 unspecified atom stereocenters. The van der Waals surface area contributed by atoms with Crippen LogP contribution in [0.3, 0.4) is 0 Å². The second-order valence-electron chi connectivity index (χ2n) is 15.8. The van der Waals surface area contributed by atoms with Crippen molar-refractivity contribution in [3.8, 4) is 5.75 Å². The van der Waals surface area contributed by atoms with Crippen molar-refractivity contribution in [3.05, 3.63) is 84.4 Å². The molecule has 53 heavy (non-hydrogen) atoms. The Labute approximate surface area is 315 Å². The Morgan fingerprint density at radius 1 is 0.887 bits per heavy atom. The van der Waals surface area contributed by atoms with Gasteiger partial charge in [0.15, 0.2) is 0 Å². The fourth-order valence-electron chi connectivity index (χ4n) is 7.03. The number of carbonyl (C=O) groups is 3. The molecule has 1 fully saturated rings. The summed E-state index contributed by atoms with van der Waals surface area (Å²) in [5, 5.41) is 20.7. The van der Waals surface area contributed by atoms with Crippen molar-refractivity contribution in [2.24, 2.45) is 17.8 Å². The minimum absolute atomic E-state index is 0.139. The minimum Gasteiger partial charge on any atom is -0.494 e. The standard InChI is InChI=1S/C42H61N5O6/c1-29(2)32(21-22-52-34-19-13-8-14-20-34)25-38(48)35(23-30-15-9-6-10-16-30)45-40(50)37(26-33-27-43-28-44-33)46-39(49)36(24-31-17-11-7-12-18-31)47-41(51)53-42(3,4)5/h7-8,11-14,17-20,27-30,32,35-38,48H,6,9-10,15-16,21-26H2,1-5H3,(H,43,44)(H,45,50)(H,46,49)(H,47,51)/t32-,35-,36?,37-,38-/m0/s1. The lowest BCUT2D eigenvalue weighted by molar-refractivity contribution is -0.131. The lowest BCUT2D eigenvalue weighted by Crippen LogP contribution is -2.57. The largest absolute Gasteiger partial charge is 0.494 e. The van der Waals surface area contributed by atoms with Gasteiger partial charge in [0.05, 0.1) is 25.1 Å². The minimum atomic E-state index is -1.02. The van der Waals surface area contributed by atoms with E-state index in [9.17, 15) is 19.5 Å². The van der Waals surface area contributed by atoms with Crippen LogP contribution < -0.4 is 20.7 Å². The second-order valence-corrected chi connectivity index (χ2v) is 15.8. The van der Waals surface area contributed by atoms with E-state index in [0.29, 0.717) is 37.0 Å². The predicted molar refractivity (Wildman–Crippen MR) is 206 cm³/mol. The van der Waals surface area contributed by atoms with Crippen molar-refractivity contribution in [1.29, 1.82) is 0 Å². The second kappa shape index (κ2) is 20.8. The summed E-state index contributed by atoms with van der Waals surface area (Å²) in [5.41, 5.74) is 0.731. The van der Waals surface area contributed by atoms with E-state index in [0.717, 1.165) is 43.4 Å². The van der Waals surface area contributed by atoms with E-state index >= 15 is 0 Å². The third-order valence-electron chi connectivity index (χ3n) is 9.99. The molecule has 0 aliphatic heterocycles. The third kappa shape index (κ3) is 14.9. The highest BCUT2D eigenvalue weighted by molar-refractivity contribution is 5.91. The van der Waals surface area contributed by atoms with Gasteiger partial charge in [-0.15, -0.1) is 0 Å². The van der Waals surface area contributed by atoms with E-state index in [1.807, 2.05) is 60.7 Å². The predicted octanol–water partition coefficient (Wildman–Crippen LogP) is 6.52. The number of hydrogen-bond donors (Lipinski definition) is 5. The number of nitrogens with zero attached hydrogens (tertiary/aromatic N) is 1. The van der Waals surface area contributed by atoms with E-state index in [1.54, 1.807) is 27.0 Å². The monoisotopic (exact) mass is 731 g/mol. The smallest absolute Gasteiger partial charge is 0.408 e. The van der Waals surface area contributed by atoms with E-state index in [-0.39, 0.29) is 18.8 Å². The number of aromatic amines is 1. The topological polar surface area (TPSA) is 155 Å². The number of alkyl carbamates (subject to hydrolysis) is 1. The number of aromatic nitrogens is 2. The molecule has 4 rings (SSSR count). The summed E-state index contributed by atoms with van der Waals surface area (Å²) >= 11 is 0. The molecule has 1 saturated carbocycles. The van der Waals surface area contributed by atoms with Gasteiger partial charge in [-0.2, -0.15) is 0 Å². The molecule has 0 spiro atoms. The van der Waals surface area contributed by atoms with Crippen molar-refractivity contribution in [3.63, 3.8) is 0 Å². The van der Waals surface area contributed by atoms with Gasteiger partial charge >= 0.3 is 6.09 Å². The summed E-state index contributed by atoms with van der Waals surface area (Å²) in [4.78, 5) is 48.3. The molecule has 11 heteroatoms. The average molecular weight is 732 g/mol. The zero-order valence-electron chi connectivity index (χ0n) is 32.2. The van der Waals surface area contributed by atoms with E-state index in [1.165, 1.54) is 12.7 Å². The fraction of sp³-hybridized carbons (Fsp3) is 0.571. The lowest BCUT2D eigenvalue weighted by atomic mass is 9.80. The SMILES string of the molecule is CC(C)[C@@H](CCOc1ccccc1)C[C@H](O)[C@H](CC1CCCCC1)NC(=O)[C@H](Cc1cnc[nH]1)NC(=O)C(Cc1ccccc1)NC(=O)OC(C)(C)C. The van der Waals surface area contributed by atoms with Gasteiger partial charge in [0.1, 0.15) is 23.4 Å². The third-order valence-corrected chi connectivity index (χ3v) is 9.99. The van der Waals surface area contributed by atoms with Crippen LogP contribution in [0.2, 0.25) is 0 Å². The van der Waals surface area contributed by atoms with Crippen molar-refractivity contribution in [2.75, 3.05) is 6.61 Å². The Morgan fingerprint density at radius 2 is 1.53 bits per heavy atom. The highest BCUT2D eigenvalue weighted by Gasteiger charge is 2.33. The van der Waals surface area contributed by atoms with Gasteiger partial charge in [-0.1, -0.05) is 94.5 Å². The Balaban J connectivity index is 1.52. The molecule has 5 atom stereocenters. The molecule has 0 radical (unpaired) electrons. The van der Waals surface area contributed by atoms with Crippen molar-refractivity contribution >= 4 is 17.9 Å². The summed E-state index contributed by atoms with van der Waals surface area (Å²) in [6.45, 7) is 10.1. The van der Waals surface area contributed by atoms with Gasteiger partial charge in [0.2, 0.25) is 11.8 Å². The molecule has 0 bridgehead atoms. The quantitative estimate of drug-likeness (QED) is 0.0941. The number of para-hydroxylation sites is 1. The molecule has 3 amide bonds. The first-order valence-electron chi connectivity index (χ1n) is 19.3. The van der Waals surface area contributed by atoms with Crippen LogP contribution in [0.4, 0.5) is 4.79 Å². The molecule has 5 N–H and O–H groups in total. The zero-order valence-corrected chi connectivity index (χ0v) is 32.2. The first-order chi connectivity index (χ1) is 25.4. The molecule has 1 heterocycles. The summed E-state index contributed by atoms with van der Waals surface area (Å²) in [6, 6.07) is 16.5. The number of ether oxygens (including phenoxy) is 2. The molecule has 3 aromatic rings. The molecule has 0 saturated heterocycles. The number of hydrogen-bond acceptors (Lipinski definition) is 7. The molecule has 1 aliphatic carbocycles. The summed E-state index contributed by atoms with van der Waals surface area (Å²) < 4.78 is 11.5. The maximum absolute atomic E-state index is 14.3. The number of carbonyl (C=O) groups excluding carboxylic acids is 3.